The molecule has 0 heterocycles. The van der Waals surface area contributed by atoms with Gasteiger partial charge < -0.3 is 5.32 Å². The number of rotatable bonds is 5. The minimum Gasteiger partial charge on any atom is -0.324 e. The molecule has 134 valence electrons. The zero-order valence-corrected chi connectivity index (χ0v) is 16.0. The lowest BCUT2D eigenvalue weighted by atomic mass is 10.1. The van der Waals surface area contributed by atoms with E-state index in [0.29, 0.717) is 11.4 Å². The zero-order valence-electron chi connectivity index (χ0n) is 15.2. The molecule has 0 saturated carbocycles. The second kappa shape index (κ2) is 7.27. The van der Waals surface area contributed by atoms with Gasteiger partial charge >= 0.3 is 0 Å². The topological polar surface area (TPSA) is 66.5 Å². The maximum Gasteiger partial charge on any atom is 0.247 e. The van der Waals surface area contributed by atoms with Gasteiger partial charge in [0.25, 0.3) is 0 Å². The third-order valence-electron chi connectivity index (χ3n) is 4.15. The number of hydrogen-bond acceptors (Lipinski definition) is 3. The number of carbonyl (C=O) groups is 1. The van der Waals surface area contributed by atoms with Gasteiger partial charge in [-0.15, -0.1) is 0 Å². The smallest absolute Gasteiger partial charge is 0.247 e. The van der Waals surface area contributed by atoms with Crippen molar-refractivity contribution in [2.24, 2.45) is 0 Å². The van der Waals surface area contributed by atoms with E-state index in [1.54, 1.807) is 19.1 Å². The van der Waals surface area contributed by atoms with Gasteiger partial charge in [-0.3, -0.25) is 9.10 Å². The van der Waals surface area contributed by atoms with Gasteiger partial charge in [0, 0.05) is 5.69 Å². The van der Waals surface area contributed by atoms with E-state index in [-0.39, 0.29) is 5.91 Å². The van der Waals surface area contributed by atoms with Crippen LogP contribution in [0.25, 0.3) is 0 Å². The molecule has 0 fully saturated rings. The Morgan fingerprint density at radius 2 is 1.60 bits per heavy atom. The van der Waals surface area contributed by atoms with Gasteiger partial charge in [0.15, 0.2) is 0 Å². The van der Waals surface area contributed by atoms with Crippen LogP contribution >= 0.6 is 0 Å². The molecule has 0 spiro atoms. The fourth-order valence-corrected chi connectivity index (χ4v) is 3.74. The van der Waals surface area contributed by atoms with E-state index in [4.69, 9.17) is 0 Å². The van der Waals surface area contributed by atoms with Gasteiger partial charge in [0.1, 0.15) is 6.04 Å². The standard InChI is InChI=1S/C19H24N2O3S/c1-13-6-10-18(11-7-13)21(25(5,23)24)16(4)19(22)20-17-9-8-14(2)15(3)12-17/h6-12,16H,1-5H3,(H,20,22)/t16-/m0/s1. The normalized spacial score (nSPS) is 12.5. The second-order valence-electron chi connectivity index (χ2n) is 6.36. The van der Waals surface area contributed by atoms with Crippen LogP contribution < -0.4 is 9.62 Å². The summed E-state index contributed by atoms with van der Waals surface area (Å²) in [7, 11) is -3.61. The van der Waals surface area contributed by atoms with Crippen LogP contribution in [0.2, 0.25) is 0 Å². The summed E-state index contributed by atoms with van der Waals surface area (Å²) in [4.78, 5) is 12.6. The Morgan fingerprint density at radius 1 is 1.00 bits per heavy atom. The molecule has 0 aliphatic carbocycles. The van der Waals surface area contributed by atoms with E-state index in [2.05, 4.69) is 5.32 Å². The van der Waals surface area contributed by atoms with Gasteiger partial charge in [-0.2, -0.15) is 0 Å². The summed E-state index contributed by atoms with van der Waals surface area (Å²) in [6.45, 7) is 7.46. The zero-order chi connectivity index (χ0) is 18.8. The Bertz CT molecular complexity index is 874. The molecule has 1 atom stereocenters. The molecule has 6 heteroatoms. The van der Waals surface area contributed by atoms with E-state index in [1.807, 2.05) is 51.1 Å². The summed E-state index contributed by atoms with van der Waals surface area (Å²) in [6.07, 6.45) is 1.10. The highest BCUT2D eigenvalue weighted by atomic mass is 32.2. The number of nitrogens with zero attached hydrogens (tertiary/aromatic N) is 1. The van der Waals surface area contributed by atoms with Crippen molar-refractivity contribution in [1.29, 1.82) is 0 Å². The highest BCUT2D eigenvalue weighted by molar-refractivity contribution is 7.92. The SMILES string of the molecule is Cc1ccc(N([C@@H](C)C(=O)Nc2ccc(C)c(C)c2)S(C)(=O)=O)cc1. The lowest BCUT2D eigenvalue weighted by Gasteiger charge is -2.28. The first-order valence-corrected chi connectivity index (χ1v) is 9.88. The molecule has 0 aromatic heterocycles. The Labute approximate surface area is 149 Å². The summed E-state index contributed by atoms with van der Waals surface area (Å²) in [5, 5.41) is 2.80. The molecule has 2 rings (SSSR count). The quantitative estimate of drug-likeness (QED) is 0.888. The molecule has 0 saturated heterocycles. The van der Waals surface area contributed by atoms with Gasteiger partial charge in [-0.1, -0.05) is 23.8 Å². The lowest BCUT2D eigenvalue weighted by Crippen LogP contribution is -2.45. The fraction of sp³-hybridized carbons (Fsp3) is 0.316. The number of anilines is 2. The van der Waals surface area contributed by atoms with Gasteiger partial charge in [0.2, 0.25) is 15.9 Å². The summed E-state index contributed by atoms with van der Waals surface area (Å²) >= 11 is 0. The van der Waals surface area contributed by atoms with E-state index in [1.165, 1.54) is 0 Å². The summed E-state index contributed by atoms with van der Waals surface area (Å²) in [5.74, 6) is -0.380. The molecule has 0 unspecified atom stereocenters. The molecule has 2 aromatic carbocycles. The van der Waals surface area contributed by atoms with Crippen LogP contribution in [0.5, 0.6) is 0 Å². The number of nitrogens with one attached hydrogen (secondary N) is 1. The average molecular weight is 360 g/mol. The first-order valence-electron chi connectivity index (χ1n) is 8.04. The van der Waals surface area contributed by atoms with Crippen LogP contribution in [-0.4, -0.2) is 26.6 Å². The number of aryl methyl sites for hydroxylation is 3. The van der Waals surface area contributed by atoms with Crippen molar-refractivity contribution in [2.75, 3.05) is 15.9 Å². The molecule has 0 radical (unpaired) electrons. The third-order valence-corrected chi connectivity index (χ3v) is 5.39. The van der Waals surface area contributed by atoms with E-state index >= 15 is 0 Å². The average Bonchev–Trinajstić information content (AvgIpc) is 2.51. The van der Waals surface area contributed by atoms with Crippen LogP contribution in [0.15, 0.2) is 42.5 Å². The minimum absolute atomic E-state index is 0.380. The molecule has 2 aromatic rings. The molecular weight excluding hydrogens is 336 g/mol. The Morgan fingerprint density at radius 3 is 2.12 bits per heavy atom. The van der Waals surface area contributed by atoms with Crippen LogP contribution in [0.1, 0.15) is 23.6 Å². The molecule has 0 bridgehead atoms. The second-order valence-corrected chi connectivity index (χ2v) is 8.22. The molecule has 0 aliphatic rings. The summed E-state index contributed by atoms with van der Waals surface area (Å²) < 4.78 is 25.7. The van der Waals surface area contributed by atoms with E-state index in [0.717, 1.165) is 27.3 Å². The van der Waals surface area contributed by atoms with Crippen molar-refractivity contribution in [2.45, 2.75) is 33.7 Å². The maximum absolute atomic E-state index is 12.6. The highest BCUT2D eigenvalue weighted by Crippen LogP contribution is 2.22. The number of carbonyl (C=O) groups excluding carboxylic acids is 1. The van der Waals surface area contributed by atoms with Crippen molar-refractivity contribution in [1.82, 2.24) is 0 Å². The molecule has 0 aliphatic heterocycles. The highest BCUT2D eigenvalue weighted by Gasteiger charge is 2.29. The van der Waals surface area contributed by atoms with E-state index in [9.17, 15) is 13.2 Å². The first kappa shape index (κ1) is 19.0. The van der Waals surface area contributed by atoms with E-state index < -0.39 is 16.1 Å². The monoisotopic (exact) mass is 360 g/mol. The molecule has 5 nitrogen and oxygen atoms in total. The molecular formula is C19H24N2O3S. The predicted octanol–water partition coefficient (Wildman–Crippen LogP) is 3.41. The van der Waals surface area contributed by atoms with Crippen molar-refractivity contribution in [3.05, 3.63) is 59.2 Å². The number of hydrogen-bond donors (Lipinski definition) is 1. The van der Waals surface area contributed by atoms with Crippen LogP contribution in [0.3, 0.4) is 0 Å². The molecule has 1 amide bonds. The van der Waals surface area contributed by atoms with Crippen LogP contribution in [0.4, 0.5) is 11.4 Å². The maximum atomic E-state index is 12.6. The summed E-state index contributed by atoms with van der Waals surface area (Å²) in [5.41, 5.74) is 4.32. The number of amides is 1. The third kappa shape index (κ3) is 4.60. The predicted molar refractivity (Wildman–Crippen MR) is 103 cm³/mol. The fourth-order valence-electron chi connectivity index (χ4n) is 2.57. The lowest BCUT2D eigenvalue weighted by molar-refractivity contribution is -0.116. The minimum atomic E-state index is -3.61. The van der Waals surface area contributed by atoms with Crippen molar-refractivity contribution < 1.29 is 13.2 Å². The van der Waals surface area contributed by atoms with Crippen LogP contribution in [0, 0.1) is 20.8 Å². The van der Waals surface area contributed by atoms with Gasteiger partial charge in [0.05, 0.1) is 11.9 Å². The van der Waals surface area contributed by atoms with Crippen molar-refractivity contribution in [3.63, 3.8) is 0 Å². The number of benzene rings is 2. The Kier molecular flexibility index (Phi) is 5.52. The van der Waals surface area contributed by atoms with Crippen molar-refractivity contribution >= 4 is 27.3 Å². The van der Waals surface area contributed by atoms with Gasteiger partial charge in [-0.25, -0.2) is 8.42 Å². The molecule has 1 N–H and O–H groups in total. The Hall–Kier alpha value is -2.34. The van der Waals surface area contributed by atoms with Crippen LogP contribution in [-0.2, 0) is 14.8 Å². The summed E-state index contributed by atoms with van der Waals surface area (Å²) in [6, 6.07) is 11.8. The Balaban J connectivity index is 2.29. The number of sulfonamides is 1. The van der Waals surface area contributed by atoms with Crippen molar-refractivity contribution in [3.8, 4) is 0 Å². The molecule has 25 heavy (non-hydrogen) atoms. The largest absolute Gasteiger partial charge is 0.324 e. The van der Waals surface area contributed by atoms with Gasteiger partial charge in [-0.05, 0) is 63.1 Å². The first-order chi connectivity index (χ1) is 11.6.